The zero-order valence-electron chi connectivity index (χ0n) is 22.6. The third-order valence-corrected chi connectivity index (χ3v) is 7.78. The molecule has 3 aromatic carbocycles. The lowest BCUT2D eigenvalue weighted by Gasteiger charge is -2.22. The number of benzene rings is 3. The van der Waals surface area contributed by atoms with E-state index >= 15 is 0 Å². The number of likely N-dealkylation sites (tertiary alicyclic amines) is 1. The summed E-state index contributed by atoms with van der Waals surface area (Å²) in [6.45, 7) is 3.26. The molecular formula is C31H32FNO6S. The minimum atomic E-state index is -1.58. The number of amides is 1. The van der Waals surface area contributed by atoms with Gasteiger partial charge in [-0.05, 0) is 80.8 Å². The predicted octanol–water partition coefficient (Wildman–Crippen LogP) is 6.35. The van der Waals surface area contributed by atoms with Crippen LogP contribution in [0.3, 0.4) is 0 Å². The number of hydrogen-bond acceptors (Lipinski definition) is 6. The summed E-state index contributed by atoms with van der Waals surface area (Å²) < 4.78 is 25.6. The molecule has 4 rings (SSSR count). The summed E-state index contributed by atoms with van der Waals surface area (Å²) in [6.07, 6.45) is 2.45. The quantitative estimate of drug-likeness (QED) is 0.226. The summed E-state index contributed by atoms with van der Waals surface area (Å²) in [5.41, 5.74) is -0.315. The van der Waals surface area contributed by atoms with Crippen LogP contribution in [-0.4, -0.2) is 52.8 Å². The maximum atomic E-state index is 14.8. The average molecular weight is 566 g/mol. The molecule has 0 bridgehead atoms. The minimum Gasteiger partial charge on any atom is -0.478 e. The van der Waals surface area contributed by atoms with Crippen molar-refractivity contribution in [3.63, 3.8) is 0 Å². The molecule has 1 aliphatic heterocycles. The number of aryl methyl sites for hydroxylation is 1. The summed E-state index contributed by atoms with van der Waals surface area (Å²) in [5.74, 6) is -2.23. The molecule has 1 amide bonds. The lowest BCUT2D eigenvalue weighted by Crippen LogP contribution is -2.38. The Bertz CT molecular complexity index is 1360. The Morgan fingerprint density at radius 2 is 1.73 bits per heavy atom. The summed E-state index contributed by atoms with van der Waals surface area (Å²) in [7, 11) is 0. The number of carbonyl (C=O) groups is 3. The Morgan fingerprint density at radius 3 is 2.35 bits per heavy atom. The number of carbonyl (C=O) groups excluding carboxylic acids is 2. The first-order valence-corrected chi connectivity index (χ1v) is 14.2. The molecule has 0 spiro atoms. The van der Waals surface area contributed by atoms with Crippen molar-refractivity contribution in [2.75, 3.05) is 19.3 Å². The maximum Gasteiger partial charge on any atom is 0.415 e. The third-order valence-electron chi connectivity index (χ3n) is 7.04. The van der Waals surface area contributed by atoms with E-state index in [1.165, 1.54) is 26.0 Å². The Balaban J connectivity index is 1.49. The van der Waals surface area contributed by atoms with Crippen molar-refractivity contribution in [2.45, 2.75) is 37.2 Å². The second-order valence-corrected chi connectivity index (χ2v) is 11.1. The van der Waals surface area contributed by atoms with Crippen molar-refractivity contribution >= 4 is 29.6 Å². The Labute approximate surface area is 237 Å². The largest absolute Gasteiger partial charge is 0.478 e. The van der Waals surface area contributed by atoms with Crippen LogP contribution in [0.1, 0.15) is 36.2 Å². The molecular weight excluding hydrogens is 533 g/mol. The van der Waals surface area contributed by atoms with Crippen LogP contribution in [0.4, 0.5) is 9.18 Å². The van der Waals surface area contributed by atoms with Gasteiger partial charge in [0.25, 0.3) is 0 Å². The first kappa shape index (κ1) is 29.1. The average Bonchev–Trinajstić information content (AvgIpc) is 3.38. The standard InChI is InChI=1S/C31H32FNO6S/c1-31(2,29(35)36)39-27-16-10-20(17-26(27)32)9-11-22-18-33(30(37)38-23-7-5-4-6-8-23)19-25(22)28(34)21-12-14-24(40-3)15-13-21/h4-8,10,12-17,22,25H,9,11,18-19H2,1-3H3,(H,35,36)/t22-,25?/m0/s1. The first-order chi connectivity index (χ1) is 19.1. The molecule has 0 aliphatic carbocycles. The summed E-state index contributed by atoms with van der Waals surface area (Å²) in [5, 5.41) is 9.26. The normalized spacial score (nSPS) is 16.9. The van der Waals surface area contributed by atoms with E-state index in [2.05, 4.69) is 0 Å². The predicted molar refractivity (Wildman–Crippen MR) is 151 cm³/mol. The number of carboxylic acid groups (broad SMARTS) is 1. The van der Waals surface area contributed by atoms with Gasteiger partial charge in [0.1, 0.15) is 5.75 Å². The van der Waals surface area contributed by atoms with Crippen LogP contribution in [0.5, 0.6) is 11.5 Å². The maximum absolute atomic E-state index is 14.8. The number of nitrogens with zero attached hydrogens (tertiary/aromatic N) is 1. The van der Waals surface area contributed by atoms with Crippen molar-refractivity contribution in [1.82, 2.24) is 4.90 Å². The summed E-state index contributed by atoms with van der Waals surface area (Å²) >= 11 is 1.59. The lowest BCUT2D eigenvalue weighted by atomic mass is 9.85. The van der Waals surface area contributed by atoms with Crippen molar-refractivity contribution in [3.8, 4) is 11.5 Å². The number of para-hydroxylation sites is 1. The highest BCUT2D eigenvalue weighted by Gasteiger charge is 2.40. The van der Waals surface area contributed by atoms with Crippen LogP contribution in [0.15, 0.2) is 77.7 Å². The van der Waals surface area contributed by atoms with Gasteiger partial charge in [0.2, 0.25) is 0 Å². The van der Waals surface area contributed by atoms with Crippen LogP contribution in [0.2, 0.25) is 0 Å². The number of aliphatic carboxylic acids is 1. The third kappa shape index (κ3) is 7.01. The number of carboxylic acids is 1. The Kier molecular flexibility index (Phi) is 9.14. The smallest absolute Gasteiger partial charge is 0.415 e. The van der Waals surface area contributed by atoms with Gasteiger partial charge in [-0.1, -0.05) is 36.4 Å². The van der Waals surface area contributed by atoms with E-state index in [4.69, 9.17) is 9.47 Å². The highest BCUT2D eigenvalue weighted by molar-refractivity contribution is 7.98. The van der Waals surface area contributed by atoms with Crippen LogP contribution >= 0.6 is 11.8 Å². The van der Waals surface area contributed by atoms with Crippen molar-refractivity contribution in [3.05, 3.63) is 89.7 Å². The molecule has 2 atom stereocenters. The minimum absolute atomic E-state index is 0.0431. The molecule has 0 aromatic heterocycles. The van der Waals surface area contributed by atoms with E-state index < -0.39 is 29.4 Å². The van der Waals surface area contributed by atoms with Gasteiger partial charge in [0.05, 0.1) is 0 Å². The van der Waals surface area contributed by atoms with Crippen LogP contribution in [0, 0.1) is 17.7 Å². The highest BCUT2D eigenvalue weighted by Crippen LogP contribution is 2.32. The Hall–Kier alpha value is -3.85. The summed E-state index contributed by atoms with van der Waals surface area (Å²) in [4.78, 5) is 40.5. The topological polar surface area (TPSA) is 93.1 Å². The lowest BCUT2D eigenvalue weighted by molar-refractivity contribution is -0.152. The number of halogens is 1. The highest BCUT2D eigenvalue weighted by atomic mass is 32.2. The van der Waals surface area contributed by atoms with Gasteiger partial charge in [-0.15, -0.1) is 11.8 Å². The van der Waals surface area contributed by atoms with Gasteiger partial charge in [-0.25, -0.2) is 14.0 Å². The molecule has 1 saturated heterocycles. The van der Waals surface area contributed by atoms with Crippen molar-refractivity contribution in [1.29, 1.82) is 0 Å². The van der Waals surface area contributed by atoms with Gasteiger partial charge in [-0.2, -0.15) is 0 Å². The molecule has 0 radical (unpaired) electrons. The van der Waals surface area contributed by atoms with Gasteiger partial charge in [0, 0.05) is 29.5 Å². The van der Waals surface area contributed by atoms with E-state index in [1.54, 1.807) is 47.0 Å². The number of thioether (sulfide) groups is 1. The fraction of sp³-hybridized carbons (Fsp3) is 0.323. The fourth-order valence-corrected chi connectivity index (χ4v) is 5.09. The molecule has 1 heterocycles. The number of hydrogen-bond donors (Lipinski definition) is 1. The molecule has 9 heteroatoms. The van der Waals surface area contributed by atoms with Crippen LogP contribution in [-0.2, 0) is 11.2 Å². The van der Waals surface area contributed by atoms with E-state index in [0.717, 1.165) is 4.90 Å². The zero-order chi connectivity index (χ0) is 28.9. The molecule has 7 nitrogen and oxygen atoms in total. The van der Waals surface area contributed by atoms with Crippen molar-refractivity contribution < 1.29 is 33.4 Å². The van der Waals surface area contributed by atoms with Crippen LogP contribution < -0.4 is 9.47 Å². The van der Waals surface area contributed by atoms with Crippen LogP contribution in [0.25, 0.3) is 0 Å². The molecule has 3 aromatic rings. The van der Waals surface area contributed by atoms with Crippen molar-refractivity contribution in [2.24, 2.45) is 11.8 Å². The number of ether oxygens (including phenoxy) is 2. The van der Waals surface area contributed by atoms with Gasteiger partial charge >= 0.3 is 12.1 Å². The van der Waals surface area contributed by atoms with Gasteiger partial charge < -0.3 is 19.5 Å². The molecule has 210 valence electrons. The van der Waals surface area contributed by atoms with E-state index in [1.807, 2.05) is 36.6 Å². The second-order valence-electron chi connectivity index (χ2n) is 10.3. The number of rotatable bonds is 10. The fourth-order valence-electron chi connectivity index (χ4n) is 4.69. The van der Waals surface area contributed by atoms with E-state index in [0.29, 0.717) is 36.3 Å². The number of Topliss-reactive ketones (excluding diaryl/α,β-unsaturated/α-hetero) is 1. The summed E-state index contributed by atoms with van der Waals surface area (Å²) in [6, 6.07) is 20.6. The zero-order valence-corrected chi connectivity index (χ0v) is 23.4. The van der Waals surface area contributed by atoms with E-state index in [9.17, 15) is 23.9 Å². The van der Waals surface area contributed by atoms with Gasteiger partial charge in [0.15, 0.2) is 23.0 Å². The molecule has 0 saturated carbocycles. The molecule has 1 unspecified atom stereocenters. The van der Waals surface area contributed by atoms with Gasteiger partial charge in [-0.3, -0.25) is 4.79 Å². The molecule has 1 fully saturated rings. The van der Waals surface area contributed by atoms with E-state index in [-0.39, 0.29) is 24.0 Å². The molecule has 1 N–H and O–H groups in total. The molecule has 1 aliphatic rings. The Morgan fingerprint density at radius 1 is 1.02 bits per heavy atom. The SMILES string of the molecule is CSc1ccc(C(=O)C2CN(C(=O)Oc3ccccc3)C[C@@H]2CCc2ccc(OC(C)(C)C(=O)O)c(F)c2)cc1. The monoisotopic (exact) mass is 565 g/mol. The second kappa shape index (κ2) is 12.6. The first-order valence-electron chi connectivity index (χ1n) is 13.0. The molecule has 40 heavy (non-hydrogen) atoms. The number of ketones is 1.